The number of fused-ring (bicyclic) bond motifs is 3. The molecule has 0 radical (unpaired) electrons. The first-order valence-corrected chi connectivity index (χ1v) is 12.8. The summed E-state index contributed by atoms with van der Waals surface area (Å²) in [4.78, 5) is 22.8. The summed E-state index contributed by atoms with van der Waals surface area (Å²) in [6.45, 7) is 6.03. The number of aryl methyl sites for hydroxylation is 3. The molecule has 0 unspecified atom stereocenters. The van der Waals surface area contributed by atoms with Crippen molar-refractivity contribution < 1.29 is 9.53 Å². The van der Waals surface area contributed by atoms with E-state index < -0.39 is 0 Å². The summed E-state index contributed by atoms with van der Waals surface area (Å²) in [5, 5.41) is 3.02. The molecule has 1 amide bonds. The second-order valence-corrected chi connectivity index (χ2v) is 8.73. The van der Waals surface area contributed by atoms with Crippen LogP contribution < -0.4 is 10.1 Å². The zero-order chi connectivity index (χ0) is 26.2. The van der Waals surface area contributed by atoms with Gasteiger partial charge in [-0.1, -0.05) is 80.1 Å². The van der Waals surface area contributed by atoms with E-state index in [2.05, 4.69) is 11.4 Å². The Labute approximate surface area is 219 Å². The van der Waals surface area contributed by atoms with E-state index in [1.165, 1.54) is 11.1 Å². The number of hydrogen-bond acceptors (Lipinski definition) is 4. The SMILES string of the molecule is CC.COc1ccc2c(c1)CCc1nc(NC(=O)Cc3ccc(C)cc3)c(/C=C/c3ccccc3)nc1-2. The number of rotatable bonds is 6. The van der Waals surface area contributed by atoms with Crippen LogP contribution >= 0.6 is 0 Å². The molecule has 1 aliphatic carbocycles. The van der Waals surface area contributed by atoms with Gasteiger partial charge in [-0.25, -0.2) is 9.97 Å². The first-order chi connectivity index (χ1) is 18.1. The lowest BCUT2D eigenvalue weighted by Gasteiger charge is -2.21. The zero-order valence-corrected chi connectivity index (χ0v) is 21.9. The molecule has 37 heavy (non-hydrogen) atoms. The highest BCUT2D eigenvalue weighted by Gasteiger charge is 2.22. The minimum absolute atomic E-state index is 0.113. The van der Waals surface area contributed by atoms with E-state index in [-0.39, 0.29) is 12.3 Å². The number of nitrogens with one attached hydrogen (secondary N) is 1. The Hall–Kier alpha value is -4.25. The van der Waals surface area contributed by atoms with Gasteiger partial charge in [0.05, 0.1) is 24.9 Å². The number of anilines is 1. The van der Waals surface area contributed by atoms with Crippen molar-refractivity contribution in [2.24, 2.45) is 0 Å². The summed E-state index contributed by atoms with van der Waals surface area (Å²) in [7, 11) is 1.68. The van der Waals surface area contributed by atoms with Crippen LogP contribution in [0, 0.1) is 6.92 Å². The average molecular weight is 492 g/mol. The molecule has 1 heterocycles. The minimum atomic E-state index is -0.113. The number of methoxy groups -OCH3 is 1. The number of benzene rings is 3. The lowest BCUT2D eigenvalue weighted by Crippen LogP contribution is -2.19. The fraction of sp³-hybridized carbons (Fsp3) is 0.219. The molecule has 4 aromatic rings. The summed E-state index contributed by atoms with van der Waals surface area (Å²) >= 11 is 0. The van der Waals surface area contributed by atoms with Crippen molar-refractivity contribution in [3.63, 3.8) is 0 Å². The molecule has 5 rings (SSSR count). The highest BCUT2D eigenvalue weighted by molar-refractivity contribution is 5.94. The number of amides is 1. The van der Waals surface area contributed by atoms with Crippen LogP contribution in [-0.2, 0) is 24.1 Å². The normalized spacial score (nSPS) is 11.7. The summed E-state index contributed by atoms with van der Waals surface area (Å²) in [5.74, 6) is 1.22. The Balaban J connectivity index is 0.00000156. The van der Waals surface area contributed by atoms with Crippen molar-refractivity contribution in [3.05, 3.63) is 106 Å². The number of nitrogens with zero attached hydrogens (tertiary/aromatic N) is 2. The number of carbonyl (C=O) groups is 1. The molecule has 3 aromatic carbocycles. The molecule has 1 aromatic heterocycles. The van der Waals surface area contributed by atoms with Crippen LogP contribution in [0.5, 0.6) is 5.75 Å². The Morgan fingerprint density at radius 3 is 2.43 bits per heavy atom. The predicted octanol–water partition coefficient (Wildman–Crippen LogP) is 6.94. The van der Waals surface area contributed by atoms with Crippen LogP contribution in [0.2, 0.25) is 0 Å². The van der Waals surface area contributed by atoms with Crippen molar-refractivity contribution in [1.29, 1.82) is 0 Å². The molecule has 0 spiro atoms. The van der Waals surface area contributed by atoms with Crippen LogP contribution in [0.4, 0.5) is 5.82 Å². The summed E-state index contributed by atoms with van der Waals surface area (Å²) in [6.07, 6.45) is 5.80. The maximum Gasteiger partial charge on any atom is 0.230 e. The molecule has 188 valence electrons. The van der Waals surface area contributed by atoms with Crippen molar-refractivity contribution >= 4 is 23.9 Å². The quantitative estimate of drug-likeness (QED) is 0.317. The van der Waals surface area contributed by atoms with Crippen molar-refractivity contribution in [2.45, 2.75) is 40.0 Å². The molecule has 1 aliphatic rings. The van der Waals surface area contributed by atoms with E-state index in [1.54, 1.807) is 7.11 Å². The second kappa shape index (κ2) is 12.1. The van der Waals surface area contributed by atoms with Crippen LogP contribution in [0.25, 0.3) is 23.4 Å². The van der Waals surface area contributed by atoms with Gasteiger partial charge in [-0.2, -0.15) is 0 Å². The number of hydrogen-bond donors (Lipinski definition) is 1. The highest BCUT2D eigenvalue weighted by Crippen LogP contribution is 2.35. The fourth-order valence-electron chi connectivity index (χ4n) is 4.28. The largest absolute Gasteiger partial charge is 0.497 e. The number of carbonyl (C=O) groups excluding carboxylic acids is 1. The van der Waals surface area contributed by atoms with Gasteiger partial charge in [-0.05, 0) is 60.7 Å². The predicted molar refractivity (Wildman–Crippen MR) is 152 cm³/mol. The van der Waals surface area contributed by atoms with E-state index >= 15 is 0 Å². The Morgan fingerprint density at radius 2 is 1.70 bits per heavy atom. The third-order valence-corrected chi connectivity index (χ3v) is 6.17. The van der Waals surface area contributed by atoms with E-state index in [0.29, 0.717) is 11.5 Å². The molecule has 0 aliphatic heterocycles. The van der Waals surface area contributed by atoms with Gasteiger partial charge < -0.3 is 10.1 Å². The zero-order valence-electron chi connectivity index (χ0n) is 21.9. The Kier molecular flexibility index (Phi) is 8.47. The minimum Gasteiger partial charge on any atom is -0.497 e. The van der Waals surface area contributed by atoms with Gasteiger partial charge >= 0.3 is 0 Å². The maximum atomic E-state index is 12.9. The number of ether oxygens (including phenoxy) is 1. The molecule has 0 saturated heterocycles. The van der Waals surface area contributed by atoms with Gasteiger partial charge in [0.2, 0.25) is 5.91 Å². The standard InChI is InChI=1S/C30H27N3O2.C2H6/c1-20-8-10-22(11-9-20)18-28(34)33-30-27(16-12-21-6-4-3-5-7-21)31-29-25-15-14-24(35-2)19-23(25)13-17-26(29)32-30;1-2/h3-12,14-16,19H,13,17-18H2,1-2H3,(H,32,33,34);1-2H3/b16-12+;. The van der Waals surface area contributed by atoms with Crippen LogP contribution in [-0.4, -0.2) is 23.0 Å². The Morgan fingerprint density at radius 1 is 0.946 bits per heavy atom. The van der Waals surface area contributed by atoms with E-state index in [1.807, 2.05) is 99.7 Å². The molecule has 5 nitrogen and oxygen atoms in total. The highest BCUT2D eigenvalue weighted by atomic mass is 16.5. The van der Waals surface area contributed by atoms with Crippen molar-refractivity contribution in [3.8, 4) is 17.0 Å². The first kappa shape index (κ1) is 25.8. The van der Waals surface area contributed by atoms with Crippen LogP contribution in [0.3, 0.4) is 0 Å². The van der Waals surface area contributed by atoms with Gasteiger partial charge in [0.1, 0.15) is 11.4 Å². The third-order valence-electron chi connectivity index (χ3n) is 6.17. The smallest absolute Gasteiger partial charge is 0.230 e. The summed E-state index contributed by atoms with van der Waals surface area (Å²) in [6, 6.07) is 24.1. The maximum absolute atomic E-state index is 12.9. The number of aromatic nitrogens is 2. The monoisotopic (exact) mass is 491 g/mol. The van der Waals surface area contributed by atoms with Gasteiger partial charge in [0, 0.05) is 5.56 Å². The second-order valence-electron chi connectivity index (χ2n) is 8.73. The molecular weight excluding hydrogens is 458 g/mol. The van der Waals surface area contributed by atoms with Gasteiger partial charge in [0.25, 0.3) is 0 Å². The van der Waals surface area contributed by atoms with Gasteiger partial charge in [0.15, 0.2) is 5.82 Å². The van der Waals surface area contributed by atoms with E-state index in [4.69, 9.17) is 14.7 Å². The molecule has 1 N–H and O–H groups in total. The molecule has 0 fully saturated rings. The molecule has 5 heteroatoms. The Bertz CT molecular complexity index is 1390. The molecule has 0 saturated carbocycles. The van der Waals surface area contributed by atoms with Gasteiger partial charge in [-0.15, -0.1) is 0 Å². The van der Waals surface area contributed by atoms with Crippen LogP contribution in [0.15, 0.2) is 72.8 Å². The lowest BCUT2D eigenvalue weighted by molar-refractivity contribution is -0.115. The third kappa shape index (κ3) is 6.31. The topological polar surface area (TPSA) is 64.1 Å². The molecule has 0 bridgehead atoms. The van der Waals surface area contributed by atoms with Crippen molar-refractivity contribution in [1.82, 2.24) is 9.97 Å². The fourth-order valence-corrected chi connectivity index (χ4v) is 4.28. The average Bonchev–Trinajstić information content (AvgIpc) is 2.94. The molecular formula is C32H33N3O2. The first-order valence-electron chi connectivity index (χ1n) is 12.8. The molecule has 0 atom stereocenters. The van der Waals surface area contributed by atoms with Crippen molar-refractivity contribution in [2.75, 3.05) is 12.4 Å². The summed E-state index contributed by atoms with van der Waals surface area (Å²) in [5.41, 5.74) is 7.82. The van der Waals surface area contributed by atoms with Crippen LogP contribution in [0.1, 0.15) is 47.5 Å². The lowest BCUT2D eigenvalue weighted by atomic mass is 9.91. The van der Waals surface area contributed by atoms with E-state index in [9.17, 15) is 4.79 Å². The van der Waals surface area contributed by atoms with Gasteiger partial charge in [-0.3, -0.25) is 4.79 Å². The summed E-state index contributed by atoms with van der Waals surface area (Å²) < 4.78 is 5.40. The van der Waals surface area contributed by atoms with E-state index in [0.717, 1.165) is 46.7 Å².